The van der Waals surface area contributed by atoms with Gasteiger partial charge in [0.2, 0.25) is 0 Å². The number of nitrogens with zero attached hydrogens (tertiary/aromatic N) is 3. The molecule has 0 spiro atoms. The number of carboxylic acids is 1. The lowest BCUT2D eigenvalue weighted by molar-refractivity contribution is -0.146. The number of carboxylic acid groups (broad SMARTS) is 1. The van der Waals surface area contributed by atoms with Gasteiger partial charge in [-0.25, -0.2) is 0 Å². The van der Waals surface area contributed by atoms with Gasteiger partial charge in [-0.1, -0.05) is 5.21 Å². The average molecular weight is 223 g/mol. The van der Waals surface area contributed by atoms with E-state index in [4.69, 9.17) is 0 Å². The number of carbonyl (C=O) groups is 2. The minimum atomic E-state index is -0.994. The third kappa shape index (κ3) is 1.50. The lowest BCUT2D eigenvalue weighted by atomic mass is 9.71. The van der Waals surface area contributed by atoms with Crippen LogP contribution in [0.1, 0.15) is 31.4 Å². The van der Waals surface area contributed by atoms with Crippen LogP contribution in [0.4, 0.5) is 0 Å². The van der Waals surface area contributed by atoms with Gasteiger partial charge in [-0.05, 0) is 12.8 Å². The molecule has 0 amide bonds. The summed E-state index contributed by atoms with van der Waals surface area (Å²) in [5, 5.41) is 16.9. The fourth-order valence-corrected chi connectivity index (χ4v) is 2.26. The predicted molar refractivity (Wildman–Crippen MR) is 53.8 cm³/mol. The summed E-state index contributed by atoms with van der Waals surface area (Å²) in [4.78, 5) is 22.7. The second-order valence-corrected chi connectivity index (χ2v) is 4.17. The first-order valence-electron chi connectivity index (χ1n) is 5.16. The van der Waals surface area contributed by atoms with Crippen molar-refractivity contribution in [3.63, 3.8) is 0 Å². The van der Waals surface area contributed by atoms with Crippen molar-refractivity contribution in [1.29, 1.82) is 0 Å². The number of aryl methyl sites for hydroxylation is 1. The van der Waals surface area contributed by atoms with Gasteiger partial charge in [-0.2, -0.15) is 0 Å². The van der Waals surface area contributed by atoms with Crippen LogP contribution < -0.4 is 0 Å². The highest BCUT2D eigenvalue weighted by Gasteiger charge is 2.45. The Morgan fingerprint density at radius 2 is 2.12 bits per heavy atom. The van der Waals surface area contributed by atoms with Crippen LogP contribution in [-0.2, 0) is 22.1 Å². The molecule has 1 saturated carbocycles. The van der Waals surface area contributed by atoms with Crippen LogP contribution in [0.5, 0.6) is 0 Å². The molecule has 86 valence electrons. The van der Waals surface area contributed by atoms with E-state index < -0.39 is 11.4 Å². The molecule has 0 atom stereocenters. The fourth-order valence-electron chi connectivity index (χ4n) is 2.26. The molecule has 6 nitrogen and oxygen atoms in total. The Morgan fingerprint density at radius 3 is 2.56 bits per heavy atom. The first kappa shape index (κ1) is 10.8. The number of aromatic nitrogens is 3. The SMILES string of the molecule is Cn1nncc1C1(C(=O)O)CCC(=O)CC1. The normalized spacial score (nSPS) is 19.7. The maximum Gasteiger partial charge on any atom is 0.315 e. The molecule has 6 heteroatoms. The van der Waals surface area contributed by atoms with E-state index in [1.807, 2.05) is 0 Å². The van der Waals surface area contributed by atoms with Crippen LogP contribution in [0, 0.1) is 0 Å². The zero-order valence-electron chi connectivity index (χ0n) is 9.01. The molecule has 0 bridgehead atoms. The van der Waals surface area contributed by atoms with Gasteiger partial charge in [-0.3, -0.25) is 14.3 Å². The average Bonchev–Trinajstić information content (AvgIpc) is 2.66. The third-order valence-corrected chi connectivity index (χ3v) is 3.28. The van der Waals surface area contributed by atoms with Gasteiger partial charge < -0.3 is 5.11 Å². The van der Waals surface area contributed by atoms with E-state index >= 15 is 0 Å². The summed E-state index contributed by atoms with van der Waals surface area (Å²) in [7, 11) is 1.67. The standard InChI is InChI=1S/C10H13N3O3/c1-13-8(6-11-12-13)10(9(15)16)4-2-7(14)3-5-10/h6H,2-5H2,1H3,(H,15,16). The zero-order valence-corrected chi connectivity index (χ0v) is 9.01. The van der Waals surface area contributed by atoms with Gasteiger partial charge in [0, 0.05) is 19.9 Å². The topological polar surface area (TPSA) is 85.1 Å². The highest BCUT2D eigenvalue weighted by molar-refractivity contribution is 5.87. The van der Waals surface area contributed by atoms with Gasteiger partial charge in [0.05, 0.1) is 11.9 Å². The summed E-state index contributed by atoms with van der Waals surface area (Å²) in [6.07, 6.45) is 2.78. The van der Waals surface area contributed by atoms with Crippen LogP contribution >= 0.6 is 0 Å². The van der Waals surface area contributed by atoms with E-state index in [2.05, 4.69) is 10.3 Å². The molecule has 1 aromatic rings. The van der Waals surface area contributed by atoms with Gasteiger partial charge in [0.15, 0.2) is 0 Å². The molecule has 0 aromatic carbocycles. The number of ketones is 1. The summed E-state index contributed by atoms with van der Waals surface area (Å²) in [6.45, 7) is 0. The number of carbonyl (C=O) groups excluding carboxylic acids is 1. The highest BCUT2D eigenvalue weighted by atomic mass is 16.4. The van der Waals surface area contributed by atoms with Crippen molar-refractivity contribution in [2.24, 2.45) is 7.05 Å². The summed E-state index contributed by atoms with van der Waals surface area (Å²) in [5.41, 5.74) is -0.417. The lowest BCUT2D eigenvalue weighted by Crippen LogP contribution is -2.41. The number of hydrogen-bond donors (Lipinski definition) is 1. The smallest absolute Gasteiger partial charge is 0.315 e. The van der Waals surface area contributed by atoms with Gasteiger partial charge in [0.1, 0.15) is 11.2 Å². The Labute approximate surface area is 92.3 Å². The van der Waals surface area contributed by atoms with Crippen molar-refractivity contribution in [2.75, 3.05) is 0 Å². The maximum atomic E-state index is 11.5. The van der Waals surface area contributed by atoms with Crippen LogP contribution in [0.3, 0.4) is 0 Å². The Morgan fingerprint density at radius 1 is 1.50 bits per heavy atom. The molecule has 1 aliphatic carbocycles. The van der Waals surface area contributed by atoms with Crippen molar-refractivity contribution in [2.45, 2.75) is 31.1 Å². The lowest BCUT2D eigenvalue weighted by Gasteiger charge is -2.31. The Balaban J connectivity index is 2.41. The van der Waals surface area contributed by atoms with E-state index in [1.54, 1.807) is 7.05 Å². The zero-order chi connectivity index (χ0) is 11.8. The van der Waals surface area contributed by atoms with Gasteiger partial charge in [0.25, 0.3) is 0 Å². The molecule has 1 heterocycles. The molecule has 1 fully saturated rings. The molecule has 1 N–H and O–H groups in total. The summed E-state index contributed by atoms with van der Waals surface area (Å²) in [6, 6.07) is 0. The number of hydrogen-bond acceptors (Lipinski definition) is 4. The number of rotatable bonds is 2. The minimum Gasteiger partial charge on any atom is -0.481 e. The largest absolute Gasteiger partial charge is 0.481 e. The second kappa shape index (κ2) is 3.70. The van der Waals surface area contributed by atoms with Crippen LogP contribution in [0.25, 0.3) is 0 Å². The number of aliphatic carboxylic acids is 1. The molecule has 0 unspecified atom stereocenters. The predicted octanol–water partition coefficient (Wildman–Crippen LogP) is 0.281. The Kier molecular flexibility index (Phi) is 2.49. The monoisotopic (exact) mass is 223 g/mol. The van der Waals surface area contributed by atoms with Crippen molar-refractivity contribution in [1.82, 2.24) is 15.0 Å². The van der Waals surface area contributed by atoms with Crippen LogP contribution in [-0.4, -0.2) is 31.9 Å². The van der Waals surface area contributed by atoms with E-state index in [0.717, 1.165) is 0 Å². The van der Waals surface area contributed by atoms with E-state index in [1.165, 1.54) is 10.9 Å². The van der Waals surface area contributed by atoms with Crippen molar-refractivity contribution < 1.29 is 14.7 Å². The number of Topliss-reactive ketones (excluding diaryl/α,β-unsaturated/α-hetero) is 1. The second-order valence-electron chi connectivity index (χ2n) is 4.17. The fraction of sp³-hybridized carbons (Fsp3) is 0.600. The molecule has 1 aromatic heterocycles. The molecule has 0 radical (unpaired) electrons. The van der Waals surface area contributed by atoms with Crippen LogP contribution in [0.15, 0.2) is 6.20 Å². The minimum absolute atomic E-state index is 0.131. The van der Waals surface area contributed by atoms with E-state index in [9.17, 15) is 14.7 Å². The first-order chi connectivity index (χ1) is 7.56. The van der Waals surface area contributed by atoms with Gasteiger partial charge in [-0.15, -0.1) is 5.10 Å². The van der Waals surface area contributed by atoms with Crippen molar-refractivity contribution >= 4 is 11.8 Å². The molecule has 1 aliphatic rings. The highest BCUT2D eigenvalue weighted by Crippen LogP contribution is 2.37. The molecule has 16 heavy (non-hydrogen) atoms. The van der Waals surface area contributed by atoms with Crippen molar-refractivity contribution in [3.8, 4) is 0 Å². The molecule has 0 aliphatic heterocycles. The summed E-state index contributed by atoms with van der Waals surface area (Å²) in [5.74, 6) is -0.766. The first-order valence-corrected chi connectivity index (χ1v) is 5.16. The van der Waals surface area contributed by atoms with E-state index in [-0.39, 0.29) is 5.78 Å². The Bertz CT molecular complexity index is 428. The molecule has 0 saturated heterocycles. The summed E-state index contributed by atoms with van der Waals surface area (Å²) >= 11 is 0. The maximum absolute atomic E-state index is 11.5. The quantitative estimate of drug-likeness (QED) is 0.778. The van der Waals surface area contributed by atoms with Crippen LogP contribution in [0.2, 0.25) is 0 Å². The van der Waals surface area contributed by atoms with Gasteiger partial charge >= 0.3 is 5.97 Å². The molecular weight excluding hydrogens is 210 g/mol. The molecular formula is C10H13N3O3. The Hall–Kier alpha value is -1.72. The van der Waals surface area contributed by atoms with E-state index in [0.29, 0.717) is 31.4 Å². The third-order valence-electron chi connectivity index (χ3n) is 3.28. The molecule has 2 rings (SSSR count). The summed E-state index contributed by atoms with van der Waals surface area (Å²) < 4.78 is 1.48. The van der Waals surface area contributed by atoms with Crippen molar-refractivity contribution in [3.05, 3.63) is 11.9 Å².